The minimum atomic E-state index is -0.109. The van der Waals surface area contributed by atoms with Crippen LogP contribution < -0.4 is 10.1 Å². The molecule has 0 amide bonds. The lowest BCUT2D eigenvalue weighted by atomic mass is 10.0. The van der Waals surface area contributed by atoms with E-state index < -0.39 is 0 Å². The van der Waals surface area contributed by atoms with Crippen LogP contribution in [0, 0.1) is 0 Å². The second-order valence-electron chi connectivity index (χ2n) is 6.70. The highest BCUT2D eigenvalue weighted by molar-refractivity contribution is 5.60. The summed E-state index contributed by atoms with van der Waals surface area (Å²) in [5.74, 6) is 0.989. The van der Waals surface area contributed by atoms with E-state index in [9.17, 15) is 0 Å². The average molecular weight is 274 g/mol. The monoisotopic (exact) mass is 274 g/mol. The van der Waals surface area contributed by atoms with Gasteiger partial charge < -0.3 is 15.0 Å². The minimum absolute atomic E-state index is 0.109. The first kappa shape index (κ1) is 13.7. The SMILES string of the molecule is CC1(C)CNc2cc(CCN3CCCCC3)ccc2O1. The van der Waals surface area contributed by atoms with Crippen molar-refractivity contribution in [2.45, 2.75) is 45.1 Å². The van der Waals surface area contributed by atoms with E-state index in [1.165, 1.54) is 44.5 Å². The number of piperidine rings is 1. The van der Waals surface area contributed by atoms with Crippen molar-refractivity contribution in [2.24, 2.45) is 0 Å². The fourth-order valence-electron chi connectivity index (χ4n) is 3.07. The molecule has 20 heavy (non-hydrogen) atoms. The third-order valence-electron chi connectivity index (χ3n) is 4.30. The zero-order chi connectivity index (χ0) is 14.0. The lowest BCUT2D eigenvalue weighted by Gasteiger charge is -2.33. The maximum absolute atomic E-state index is 6.00. The van der Waals surface area contributed by atoms with Crippen LogP contribution in [-0.2, 0) is 6.42 Å². The molecule has 0 unspecified atom stereocenters. The van der Waals surface area contributed by atoms with Gasteiger partial charge in [-0.2, -0.15) is 0 Å². The normalized spacial score (nSPS) is 21.7. The highest BCUT2D eigenvalue weighted by atomic mass is 16.5. The van der Waals surface area contributed by atoms with Crippen LogP contribution in [0.4, 0.5) is 5.69 Å². The maximum Gasteiger partial charge on any atom is 0.143 e. The summed E-state index contributed by atoms with van der Waals surface area (Å²) in [6.07, 6.45) is 5.29. The number of nitrogens with zero attached hydrogens (tertiary/aromatic N) is 1. The summed E-state index contributed by atoms with van der Waals surface area (Å²) < 4.78 is 6.00. The Hall–Kier alpha value is -1.22. The summed E-state index contributed by atoms with van der Waals surface area (Å²) in [6.45, 7) is 8.85. The second kappa shape index (κ2) is 5.65. The number of hydrogen-bond donors (Lipinski definition) is 1. The number of anilines is 1. The molecule has 2 aliphatic rings. The van der Waals surface area contributed by atoms with Gasteiger partial charge >= 0.3 is 0 Å². The van der Waals surface area contributed by atoms with Gasteiger partial charge in [0.2, 0.25) is 0 Å². The molecule has 0 bridgehead atoms. The number of likely N-dealkylation sites (tertiary alicyclic amines) is 1. The van der Waals surface area contributed by atoms with E-state index in [0.717, 1.165) is 24.4 Å². The molecule has 0 atom stereocenters. The fraction of sp³-hybridized carbons (Fsp3) is 0.647. The molecule has 3 heteroatoms. The first-order valence-corrected chi connectivity index (χ1v) is 7.91. The summed E-state index contributed by atoms with van der Waals surface area (Å²) in [5.41, 5.74) is 2.45. The van der Waals surface area contributed by atoms with Crippen LogP contribution in [0.2, 0.25) is 0 Å². The number of rotatable bonds is 3. The molecule has 3 nitrogen and oxygen atoms in total. The largest absolute Gasteiger partial charge is 0.484 e. The lowest BCUT2D eigenvalue weighted by molar-refractivity contribution is 0.116. The van der Waals surface area contributed by atoms with Gasteiger partial charge in [0.1, 0.15) is 11.4 Å². The Morgan fingerprint density at radius 1 is 1.20 bits per heavy atom. The Kier molecular flexibility index (Phi) is 3.88. The Morgan fingerprint density at radius 3 is 2.80 bits per heavy atom. The van der Waals surface area contributed by atoms with Crippen molar-refractivity contribution in [2.75, 3.05) is 31.5 Å². The smallest absolute Gasteiger partial charge is 0.143 e. The van der Waals surface area contributed by atoms with Crippen molar-refractivity contribution < 1.29 is 4.74 Å². The Balaban J connectivity index is 1.61. The predicted molar refractivity (Wildman–Crippen MR) is 83.6 cm³/mol. The van der Waals surface area contributed by atoms with Crippen molar-refractivity contribution in [3.63, 3.8) is 0 Å². The van der Waals surface area contributed by atoms with E-state index in [0.29, 0.717) is 0 Å². The molecular formula is C17H26N2O. The van der Waals surface area contributed by atoms with E-state index >= 15 is 0 Å². The number of benzene rings is 1. The maximum atomic E-state index is 6.00. The molecule has 2 heterocycles. The molecule has 2 aliphatic heterocycles. The van der Waals surface area contributed by atoms with Crippen LogP contribution in [0.1, 0.15) is 38.7 Å². The van der Waals surface area contributed by atoms with Crippen LogP contribution in [-0.4, -0.2) is 36.7 Å². The zero-order valence-corrected chi connectivity index (χ0v) is 12.7. The van der Waals surface area contributed by atoms with Crippen molar-refractivity contribution in [1.29, 1.82) is 0 Å². The molecule has 0 aliphatic carbocycles. The lowest BCUT2D eigenvalue weighted by Crippen LogP contribution is -2.40. The molecule has 1 N–H and O–H groups in total. The molecule has 3 rings (SSSR count). The molecule has 0 aromatic heterocycles. The van der Waals surface area contributed by atoms with E-state index in [1.807, 2.05) is 0 Å². The Labute approximate surface area is 122 Å². The van der Waals surface area contributed by atoms with Crippen molar-refractivity contribution >= 4 is 5.69 Å². The molecule has 0 saturated carbocycles. The quantitative estimate of drug-likeness (QED) is 0.915. The van der Waals surface area contributed by atoms with E-state index in [4.69, 9.17) is 4.74 Å². The number of nitrogens with one attached hydrogen (secondary N) is 1. The van der Waals surface area contributed by atoms with Gasteiger partial charge in [0.15, 0.2) is 0 Å². The van der Waals surface area contributed by atoms with E-state index in [-0.39, 0.29) is 5.60 Å². The molecule has 1 aromatic carbocycles. The number of ether oxygens (including phenoxy) is 1. The van der Waals surface area contributed by atoms with Crippen molar-refractivity contribution in [3.8, 4) is 5.75 Å². The van der Waals surface area contributed by atoms with Gasteiger partial charge in [0.25, 0.3) is 0 Å². The Bertz CT molecular complexity index is 464. The van der Waals surface area contributed by atoms with E-state index in [1.54, 1.807) is 0 Å². The van der Waals surface area contributed by atoms with Gasteiger partial charge in [-0.15, -0.1) is 0 Å². The number of hydrogen-bond acceptors (Lipinski definition) is 3. The third kappa shape index (κ3) is 3.26. The highest BCUT2D eigenvalue weighted by Gasteiger charge is 2.26. The summed E-state index contributed by atoms with van der Waals surface area (Å²) in [6, 6.07) is 6.59. The molecule has 1 aromatic rings. The molecule has 1 fully saturated rings. The topological polar surface area (TPSA) is 24.5 Å². The summed E-state index contributed by atoms with van der Waals surface area (Å²) in [4.78, 5) is 2.59. The first-order valence-electron chi connectivity index (χ1n) is 7.91. The predicted octanol–water partition coefficient (Wildman–Crippen LogP) is 3.30. The van der Waals surface area contributed by atoms with Crippen LogP contribution in [0.15, 0.2) is 18.2 Å². The van der Waals surface area contributed by atoms with Gasteiger partial charge in [-0.25, -0.2) is 0 Å². The third-order valence-corrected chi connectivity index (χ3v) is 4.30. The van der Waals surface area contributed by atoms with Gasteiger partial charge in [-0.1, -0.05) is 12.5 Å². The summed E-state index contributed by atoms with van der Waals surface area (Å²) in [5, 5.41) is 3.49. The van der Waals surface area contributed by atoms with Crippen molar-refractivity contribution in [3.05, 3.63) is 23.8 Å². The van der Waals surface area contributed by atoms with Crippen molar-refractivity contribution in [1.82, 2.24) is 4.90 Å². The minimum Gasteiger partial charge on any atom is -0.484 e. The molecule has 1 saturated heterocycles. The van der Waals surface area contributed by atoms with Crippen LogP contribution in [0.25, 0.3) is 0 Å². The highest BCUT2D eigenvalue weighted by Crippen LogP contribution is 2.33. The molecule has 0 radical (unpaired) electrons. The molecule has 0 spiro atoms. The van der Waals surface area contributed by atoms with Gasteiger partial charge in [0.05, 0.1) is 12.2 Å². The summed E-state index contributed by atoms with van der Waals surface area (Å²) in [7, 11) is 0. The first-order chi connectivity index (χ1) is 9.62. The summed E-state index contributed by atoms with van der Waals surface area (Å²) >= 11 is 0. The standard InChI is InChI=1S/C17H26N2O/c1-17(2)13-18-15-12-14(6-7-16(15)20-17)8-11-19-9-4-3-5-10-19/h6-7,12,18H,3-5,8-11,13H2,1-2H3. The molecule has 110 valence electrons. The number of fused-ring (bicyclic) bond motifs is 1. The van der Waals surface area contributed by atoms with Gasteiger partial charge in [-0.3, -0.25) is 0 Å². The zero-order valence-electron chi connectivity index (χ0n) is 12.7. The Morgan fingerprint density at radius 2 is 2.00 bits per heavy atom. The van der Waals surface area contributed by atoms with Gasteiger partial charge in [0, 0.05) is 6.54 Å². The van der Waals surface area contributed by atoms with Crippen LogP contribution in [0.3, 0.4) is 0 Å². The second-order valence-corrected chi connectivity index (χ2v) is 6.70. The average Bonchev–Trinajstić information content (AvgIpc) is 2.45. The van der Waals surface area contributed by atoms with Crippen LogP contribution in [0.5, 0.6) is 5.75 Å². The molecular weight excluding hydrogens is 248 g/mol. The fourth-order valence-corrected chi connectivity index (χ4v) is 3.07. The van der Waals surface area contributed by atoms with E-state index in [2.05, 4.69) is 42.3 Å². The van der Waals surface area contributed by atoms with Crippen LogP contribution >= 0.6 is 0 Å². The van der Waals surface area contributed by atoms with Gasteiger partial charge in [-0.05, 0) is 63.9 Å².